The first-order valence-electron chi connectivity index (χ1n) is 11.5. The van der Waals surface area contributed by atoms with Crippen molar-refractivity contribution in [1.29, 1.82) is 0 Å². The molecule has 1 aromatic heterocycles. The molecule has 35 heavy (non-hydrogen) atoms. The van der Waals surface area contributed by atoms with E-state index in [0.29, 0.717) is 35.1 Å². The number of nitrogens with zero attached hydrogens (tertiary/aromatic N) is 3. The number of amides is 1. The number of nitrogens with two attached hydrogens (primary N) is 1. The quantitative estimate of drug-likeness (QED) is 0.258. The highest BCUT2D eigenvalue weighted by molar-refractivity contribution is 6.04. The molecule has 7 nitrogen and oxygen atoms in total. The maximum atomic E-state index is 13.6. The summed E-state index contributed by atoms with van der Waals surface area (Å²) in [4.78, 5) is 21.2. The van der Waals surface area contributed by atoms with Gasteiger partial charge in [0.15, 0.2) is 0 Å². The fraction of sp³-hybridized carbons (Fsp3) is 0.259. The van der Waals surface area contributed by atoms with Crippen LogP contribution in [0, 0.1) is 5.82 Å². The summed E-state index contributed by atoms with van der Waals surface area (Å²) in [5.41, 5.74) is 8.81. The number of benzene rings is 2. The van der Waals surface area contributed by atoms with Gasteiger partial charge in [-0.3, -0.25) is 9.78 Å². The Morgan fingerprint density at radius 2 is 1.80 bits per heavy atom. The molecule has 3 rings (SSSR count). The molecule has 3 aromatic rings. The standard InChI is InChI=1S/C27H33FN6O/c1-20(31-23-10-8-9-22(28)17-23)34(16-7-6-15-33(2)3)19-21-13-14-26(30-18-21)27(35)32-25-12-5-4-11-24(25)29/h4-5,8-14,17-18,31H,1,6-7,15-16,19,29H2,2-3H3,(H,32,35). The van der Waals surface area contributed by atoms with E-state index in [-0.39, 0.29) is 11.7 Å². The zero-order valence-electron chi connectivity index (χ0n) is 20.3. The Balaban J connectivity index is 1.66. The van der Waals surface area contributed by atoms with Crippen molar-refractivity contribution in [1.82, 2.24) is 14.8 Å². The molecule has 0 fully saturated rings. The molecule has 0 unspecified atom stereocenters. The van der Waals surface area contributed by atoms with Crippen molar-refractivity contribution >= 4 is 23.0 Å². The van der Waals surface area contributed by atoms with Crippen LogP contribution >= 0.6 is 0 Å². The molecule has 1 amide bonds. The van der Waals surface area contributed by atoms with E-state index >= 15 is 0 Å². The molecule has 0 saturated carbocycles. The highest BCUT2D eigenvalue weighted by Crippen LogP contribution is 2.19. The van der Waals surface area contributed by atoms with E-state index in [9.17, 15) is 9.18 Å². The van der Waals surface area contributed by atoms with Gasteiger partial charge < -0.3 is 26.2 Å². The highest BCUT2D eigenvalue weighted by Gasteiger charge is 2.13. The summed E-state index contributed by atoms with van der Waals surface area (Å²) >= 11 is 0. The molecule has 0 radical (unpaired) electrons. The Morgan fingerprint density at radius 3 is 2.49 bits per heavy atom. The molecule has 0 aliphatic heterocycles. The molecule has 8 heteroatoms. The van der Waals surface area contributed by atoms with Crippen LogP contribution in [0.25, 0.3) is 0 Å². The van der Waals surface area contributed by atoms with Crippen LogP contribution < -0.4 is 16.4 Å². The number of carbonyl (C=O) groups excluding carboxylic acids is 1. The fourth-order valence-electron chi connectivity index (χ4n) is 3.52. The third-order valence-corrected chi connectivity index (χ3v) is 5.42. The minimum atomic E-state index is -0.327. The Morgan fingerprint density at radius 1 is 1.03 bits per heavy atom. The second-order valence-corrected chi connectivity index (χ2v) is 8.61. The number of unbranched alkanes of at least 4 members (excludes halogenated alkanes) is 1. The summed E-state index contributed by atoms with van der Waals surface area (Å²) in [5, 5.41) is 5.98. The van der Waals surface area contributed by atoms with Gasteiger partial charge in [-0.15, -0.1) is 0 Å². The van der Waals surface area contributed by atoms with Crippen LogP contribution in [-0.2, 0) is 6.54 Å². The number of halogens is 1. The van der Waals surface area contributed by atoms with Gasteiger partial charge in [-0.2, -0.15) is 0 Å². The summed E-state index contributed by atoms with van der Waals surface area (Å²) in [5.74, 6) is 0.0321. The normalized spacial score (nSPS) is 10.7. The Hall–Kier alpha value is -3.91. The molecule has 4 N–H and O–H groups in total. The van der Waals surface area contributed by atoms with E-state index in [2.05, 4.69) is 46.1 Å². The molecule has 2 aromatic carbocycles. The largest absolute Gasteiger partial charge is 0.397 e. The number of carbonyl (C=O) groups is 1. The van der Waals surface area contributed by atoms with Crippen molar-refractivity contribution in [3.05, 3.63) is 96.3 Å². The van der Waals surface area contributed by atoms with Gasteiger partial charge in [-0.1, -0.05) is 30.8 Å². The van der Waals surface area contributed by atoms with Crippen LogP contribution in [0.1, 0.15) is 28.9 Å². The van der Waals surface area contributed by atoms with Gasteiger partial charge in [0, 0.05) is 25.0 Å². The van der Waals surface area contributed by atoms with E-state index < -0.39 is 0 Å². The first-order valence-corrected chi connectivity index (χ1v) is 11.5. The van der Waals surface area contributed by atoms with E-state index in [1.165, 1.54) is 12.1 Å². The topological polar surface area (TPSA) is 86.5 Å². The predicted octanol–water partition coefficient (Wildman–Crippen LogP) is 4.78. The second kappa shape index (κ2) is 12.5. The summed E-state index contributed by atoms with van der Waals surface area (Å²) in [6.45, 7) is 6.49. The molecule has 0 aliphatic rings. The number of anilines is 3. The van der Waals surface area contributed by atoms with Crippen molar-refractivity contribution in [2.45, 2.75) is 19.4 Å². The number of nitrogens with one attached hydrogen (secondary N) is 2. The predicted molar refractivity (Wildman–Crippen MR) is 140 cm³/mol. The summed E-state index contributed by atoms with van der Waals surface area (Å²) < 4.78 is 13.6. The number of hydrogen-bond acceptors (Lipinski definition) is 6. The van der Waals surface area contributed by atoms with Crippen LogP contribution in [0.15, 0.2) is 79.3 Å². The average molecular weight is 477 g/mol. The van der Waals surface area contributed by atoms with Crippen molar-refractivity contribution < 1.29 is 9.18 Å². The second-order valence-electron chi connectivity index (χ2n) is 8.61. The fourth-order valence-corrected chi connectivity index (χ4v) is 3.52. The smallest absolute Gasteiger partial charge is 0.274 e. The number of aromatic nitrogens is 1. The van der Waals surface area contributed by atoms with Crippen molar-refractivity contribution in [3.8, 4) is 0 Å². The molecule has 1 heterocycles. The van der Waals surface area contributed by atoms with Crippen LogP contribution in [0.4, 0.5) is 21.5 Å². The first kappa shape index (κ1) is 25.7. The monoisotopic (exact) mass is 476 g/mol. The number of nitrogen functional groups attached to an aromatic ring is 1. The zero-order valence-corrected chi connectivity index (χ0v) is 20.3. The molecule has 184 valence electrons. The van der Waals surface area contributed by atoms with Crippen molar-refractivity contribution in [3.63, 3.8) is 0 Å². The Bertz CT molecular complexity index is 1130. The molecular formula is C27H33FN6O. The minimum Gasteiger partial charge on any atom is -0.397 e. The van der Waals surface area contributed by atoms with Crippen LogP contribution in [0.2, 0.25) is 0 Å². The molecule has 0 bridgehead atoms. The lowest BCUT2D eigenvalue weighted by Crippen LogP contribution is -2.28. The number of rotatable bonds is 12. The van der Waals surface area contributed by atoms with E-state index in [4.69, 9.17) is 5.73 Å². The summed E-state index contributed by atoms with van der Waals surface area (Å²) in [6.07, 6.45) is 3.69. The zero-order chi connectivity index (χ0) is 25.2. The SMILES string of the molecule is C=C(Nc1cccc(F)c1)N(CCCCN(C)C)Cc1ccc(C(=O)Nc2ccccc2N)nc1. The van der Waals surface area contributed by atoms with E-state index in [1.54, 1.807) is 48.7 Å². The average Bonchev–Trinajstić information content (AvgIpc) is 2.82. The lowest BCUT2D eigenvalue weighted by Gasteiger charge is -2.28. The minimum absolute atomic E-state index is 0.297. The van der Waals surface area contributed by atoms with Crippen LogP contribution in [0.5, 0.6) is 0 Å². The summed E-state index contributed by atoms with van der Waals surface area (Å²) in [6, 6.07) is 16.9. The van der Waals surface area contributed by atoms with Gasteiger partial charge in [0.25, 0.3) is 5.91 Å². The number of hydrogen-bond donors (Lipinski definition) is 3. The van der Waals surface area contributed by atoms with Gasteiger partial charge in [-0.25, -0.2) is 4.39 Å². The van der Waals surface area contributed by atoms with Gasteiger partial charge in [0.2, 0.25) is 0 Å². The van der Waals surface area contributed by atoms with Gasteiger partial charge in [-0.05, 0) is 75.4 Å². The van der Waals surface area contributed by atoms with Gasteiger partial charge >= 0.3 is 0 Å². The van der Waals surface area contributed by atoms with E-state index in [1.807, 2.05) is 6.07 Å². The molecule has 0 saturated heterocycles. The maximum Gasteiger partial charge on any atom is 0.274 e. The highest BCUT2D eigenvalue weighted by atomic mass is 19.1. The maximum absolute atomic E-state index is 13.6. The number of para-hydroxylation sites is 2. The molecular weight excluding hydrogens is 443 g/mol. The van der Waals surface area contributed by atoms with E-state index in [0.717, 1.165) is 31.5 Å². The van der Waals surface area contributed by atoms with Crippen molar-refractivity contribution in [2.75, 3.05) is 43.6 Å². The lowest BCUT2D eigenvalue weighted by atomic mass is 10.2. The molecule has 0 atom stereocenters. The van der Waals surface area contributed by atoms with Crippen molar-refractivity contribution in [2.24, 2.45) is 0 Å². The van der Waals surface area contributed by atoms with Crippen LogP contribution in [0.3, 0.4) is 0 Å². The molecule has 0 aliphatic carbocycles. The third kappa shape index (κ3) is 8.12. The lowest BCUT2D eigenvalue weighted by molar-refractivity contribution is 0.102. The summed E-state index contributed by atoms with van der Waals surface area (Å²) in [7, 11) is 4.11. The van der Waals surface area contributed by atoms with Gasteiger partial charge in [0.1, 0.15) is 11.5 Å². The van der Waals surface area contributed by atoms with Crippen LogP contribution in [-0.4, -0.2) is 47.9 Å². The first-order chi connectivity index (χ1) is 16.8. The molecule has 0 spiro atoms. The Kier molecular flexibility index (Phi) is 9.20. The van der Waals surface area contributed by atoms with Gasteiger partial charge in [0.05, 0.1) is 17.2 Å². The Labute approximate surface area is 206 Å². The third-order valence-electron chi connectivity index (χ3n) is 5.42. The number of pyridine rings is 1.